The van der Waals surface area contributed by atoms with Crippen molar-refractivity contribution in [3.05, 3.63) is 29.6 Å². The third-order valence-electron chi connectivity index (χ3n) is 6.96. The van der Waals surface area contributed by atoms with E-state index in [9.17, 15) is 4.79 Å². The maximum Gasteiger partial charge on any atom is 0.250 e. The molecule has 2 unspecified atom stereocenters. The monoisotopic (exact) mass is 359 g/mol. The Hall–Kier alpha value is -1.50. The molecule has 1 aromatic rings. The Morgan fingerprint density at radius 1 is 1.23 bits per heavy atom. The molecule has 0 spiro atoms. The summed E-state index contributed by atoms with van der Waals surface area (Å²) in [6.07, 6.45) is 9.61. The van der Waals surface area contributed by atoms with Gasteiger partial charge in [-0.1, -0.05) is 6.42 Å². The highest BCUT2D eigenvalue weighted by molar-refractivity contribution is 5.92. The van der Waals surface area contributed by atoms with Crippen LogP contribution in [0.1, 0.15) is 48.0 Å². The zero-order valence-corrected chi connectivity index (χ0v) is 15.7. The average Bonchev–Trinajstić information content (AvgIpc) is 2.60. The number of primary amides is 1. The molecule has 2 atom stereocenters. The van der Waals surface area contributed by atoms with Gasteiger partial charge in [-0.2, -0.15) is 0 Å². The van der Waals surface area contributed by atoms with Gasteiger partial charge in [0.05, 0.1) is 11.7 Å². The average molecular weight is 359 g/mol. The zero-order valence-electron chi connectivity index (χ0n) is 15.7. The molecule has 1 aliphatic heterocycles. The molecule has 2 bridgehead atoms. The van der Waals surface area contributed by atoms with Crippen LogP contribution in [-0.4, -0.2) is 55.2 Å². The molecule has 3 aliphatic rings. The first kappa shape index (κ1) is 17.9. The van der Waals surface area contributed by atoms with E-state index in [1.54, 1.807) is 13.3 Å². The molecule has 2 heterocycles. The summed E-state index contributed by atoms with van der Waals surface area (Å²) in [5, 5.41) is 0. The molecule has 1 saturated heterocycles. The van der Waals surface area contributed by atoms with E-state index in [1.165, 1.54) is 6.42 Å². The molecule has 2 aliphatic carbocycles. The molecule has 3 fully saturated rings. The zero-order chi connectivity index (χ0) is 18.3. The maximum absolute atomic E-state index is 11.6. The number of methoxy groups -OCH3 is 2. The van der Waals surface area contributed by atoms with Gasteiger partial charge in [0.25, 0.3) is 0 Å². The molecule has 1 amide bonds. The number of ether oxygens (including phenoxy) is 2. The predicted molar refractivity (Wildman–Crippen MR) is 97.7 cm³/mol. The van der Waals surface area contributed by atoms with Crippen LogP contribution >= 0.6 is 0 Å². The van der Waals surface area contributed by atoms with Gasteiger partial charge in [-0.05, 0) is 31.7 Å². The van der Waals surface area contributed by atoms with E-state index in [4.69, 9.17) is 15.2 Å². The van der Waals surface area contributed by atoms with Crippen molar-refractivity contribution in [1.82, 2.24) is 9.88 Å². The number of nitrogens with two attached hydrogens (primary N) is 1. The van der Waals surface area contributed by atoms with Crippen LogP contribution in [0, 0.1) is 11.8 Å². The lowest BCUT2D eigenvalue weighted by atomic mass is 9.62. The number of carbonyl (C=O) groups is 1. The second-order valence-electron chi connectivity index (χ2n) is 8.09. The lowest BCUT2D eigenvalue weighted by Crippen LogP contribution is -2.63. The normalized spacial score (nSPS) is 37.2. The second-order valence-corrected chi connectivity index (χ2v) is 8.09. The van der Waals surface area contributed by atoms with Crippen LogP contribution in [0.2, 0.25) is 0 Å². The fraction of sp³-hybridized carbons (Fsp3) is 0.700. The van der Waals surface area contributed by atoms with Gasteiger partial charge in [0, 0.05) is 63.1 Å². The minimum Gasteiger partial charge on any atom is -0.381 e. The number of carbonyl (C=O) groups excluding carboxylic acids is 1. The lowest BCUT2D eigenvalue weighted by molar-refractivity contribution is -0.183. The SMILES string of the molecule is COC1(c2cncc(C(N)=O)c2)C2CCCC1CN([C@H]1C[C@H](OC)C1)C2. The van der Waals surface area contributed by atoms with Gasteiger partial charge < -0.3 is 15.2 Å². The van der Waals surface area contributed by atoms with Crippen molar-refractivity contribution in [2.45, 2.75) is 49.9 Å². The Morgan fingerprint density at radius 3 is 2.50 bits per heavy atom. The van der Waals surface area contributed by atoms with Gasteiger partial charge in [-0.3, -0.25) is 14.7 Å². The molecule has 2 saturated carbocycles. The van der Waals surface area contributed by atoms with Crippen LogP contribution < -0.4 is 5.73 Å². The summed E-state index contributed by atoms with van der Waals surface area (Å²) < 4.78 is 11.7. The minimum absolute atomic E-state index is 0.363. The van der Waals surface area contributed by atoms with Gasteiger partial charge in [-0.25, -0.2) is 0 Å². The van der Waals surface area contributed by atoms with Crippen LogP contribution in [-0.2, 0) is 15.1 Å². The molecular formula is C20H29N3O3. The van der Waals surface area contributed by atoms with E-state index < -0.39 is 5.91 Å². The molecular weight excluding hydrogens is 330 g/mol. The largest absolute Gasteiger partial charge is 0.381 e. The van der Waals surface area contributed by atoms with E-state index in [0.29, 0.717) is 29.5 Å². The molecule has 142 valence electrons. The van der Waals surface area contributed by atoms with Crippen LogP contribution in [0.4, 0.5) is 0 Å². The summed E-state index contributed by atoms with van der Waals surface area (Å²) in [6.45, 7) is 2.07. The van der Waals surface area contributed by atoms with Gasteiger partial charge in [0.15, 0.2) is 0 Å². The summed E-state index contributed by atoms with van der Waals surface area (Å²) >= 11 is 0. The molecule has 6 heteroatoms. The highest BCUT2D eigenvalue weighted by Gasteiger charge is 2.55. The van der Waals surface area contributed by atoms with Crippen LogP contribution in [0.5, 0.6) is 0 Å². The Kier molecular flexibility index (Phi) is 4.75. The number of hydrogen-bond donors (Lipinski definition) is 1. The van der Waals surface area contributed by atoms with Crippen LogP contribution in [0.3, 0.4) is 0 Å². The highest BCUT2D eigenvalue weighted by Crippen LogP contribution is 2.52. The summed E-state index contributed by atoms with van der Waals surface area (Å²) in [4.78, 5) is 18.6. The number of amides is 1. The number of fused-ring (bicyclic) bond motifs is 2. The molecule has 6 nitrogen and oxygen atoms in total. The summed E-state index contributed by atoms with van der Waals surface area (Å²) in [5.41, 5.74) is 6.59. The summed E-state index contributed by atoms with van der Waals surface area (Å²) in [5.74, 6) is 0.381. The van der Waals surface area contributed by atoms with Gasteiger partial charge >= 0.3 is 0 Å². The van der Waals surface area contributed by atoms with Gasteiger partial charge in [0.1, 0.15) is 5.60 Å². The minimum atomic E-state index is -0.437. The Morgan fingerprint density at radius 2 is 1.92 bits per heavy atom. The van der Waals surface area contributed by atoms with Gasteiger partial charge in [0.2, 0.25) is 5.91 Å². The van der Waals surface area contributed by atoms with Crippen molar-refractivity contribution in [1.29, 1.82) is 0 Å². The number of aromatic nitrogens is 1. The maximum atomic E-state index is 11.6. The van der Waals surface area contributed by atoms with Gasteiger partial charge in [-0.15, -0.1) is 0 Å². The van der Waals surface area contributed by atoms with E-state index in [-0.39, 0.29) is 5.60 Å². The molecule has 26 heavy (non-hydrogen) atoms. The van der Waals surface area contributed by atoms with Crippen molar-refractivity contribution < 1.29 is 14.3 Å². The number of hydrogen-bond acceptors (Lipinski definition) is 5. The first-order chi connectivity index (χ1) is 12.6. The van der Waals surface area contributed by atoms with Crippen LogP contribution in [0.25, 0.3) is 0 Å². The lowest BCUT2D eigenvalue weighted by Gasteiger charge is -2.58. The quantitative estimate of drug-likeness (QED) is 0.869. The number of nitrogens with zero attached hydrogens (tertiary/aromatic N) is 2. The fourth-order valence-corrected chi connectivity index (χ4v) is 5.50. The summed E-state index contributed by atoms with van der Waals surface area (Å²) in [6, 6.07) is 2.53. The number of pyridine rings is 1. The molecule has 1 aromatic heterocycles. The van der Waals surface area contributed by atoms with Crippen molar-refractivity contribution in [2.24, 2.45) is 17.6 Å². The first-order valence-electron chi connectivity index (χ1n) is 9.65. The number of piperidine rings is 1. The van der Waals surface area contributed by atoms with E-state index >= 15 is 0 Å². The van der Waals surface area contributed by atoms with Crippen molar-refractivity contribution >= 4 is 5.91 Å². The standard InChI is InChI=1S/C20H29N3O3/c1-25-18-7-17(8-18)23-11-14-4-3-5-15(12-23)20(14,26-2)16-6-13(19(21)24)9-22-10-16/h6,9-10,14-15,17-18H,3-5,7-8,11-12H2,1-2H3,(H2,21,24)/t14?,15?,17-,18-,20?. The number of rotatable bonds is 5. The van der Waals surface area contributed by atoms with E-state index in [1.807, 2.05) is 19.4 Å². The molecule has 0 aromatic carbocycles. The second kappa shape index (κ2) is 6.91. The third-order valence-corrected chi connectivity index (χ3v) is 6.96. The van der Waals surface area contributed by atoms with Crippen molar-refractivity contribution in [2.75, 3.05) is 27.3 Å². The molecule has 2 N–H and O–H groups in total. The molecule has 0 radical (unpaired) electrons. The van der Waals surface area contributed by atoms with E-state index in [2.05, 4.69) is 9.88 Å². The van der Waals surface area contributed by atoms with Crippen molar-refractivity contribution in [3.63, 3.8) is 0 Å². The first-order valence-corrected chi connectivity index (χ1v) is 9.65. The predicted octanol–water partition coefficient (Wildman–Crippen LogP) is 1.93. The third kappa shape index (κ3) is 2.75. The Labute approximate surface area is 155 Å². The fourth-order valence-electron chi connectivity index (χ4n) is 5.50. The van der Waals surface area contributed by atoms with Crippen molar-refractivity contribution in [3.8, 4) is 0 Å². The Bertz CT molecular complexity index is 660. The number of likely N-dealkylation sites (tertiary alicyclic amines) is 1. The highest BCUT2D eigenvalue weighted by atomic mass is 16.5. The summed E-state index contributed by atoms with van der Waals surface area (Å²) in [7, 11) is 3.61. The van der Waals surface area contributed by atoms with E-state index in [0.717, 1.165) is 44.3 Å². The molecule has 4 rings (SSSR count). The smallest absolute Gasteiger partial charge is 0.250 e. The Balaban J connectivity index is 1.62. The topological polar surface area (TPSA) is 77.7 Å². The van der Waals surface area contributed by atoms with Crippen LogP contribution in [0.15, 0.2) is 18.5 Å².